The van der Waals surface area contributed by atoms with Gasteiger partial charge in [0.1, 0.15) is 10.4 Å². The number of carbonyl (C=O) groups excluding carboxylic acids is 3. The fourth-order valence-corrected chi connectivity index (χ4v) is 5.73. The summed E-state index contributed by atoms with van der Waals surface area (Å²) in [6.45, 7) is 0. The SMILES string of the molecule is COC(=O)C(CCSC)NC(=O)c1cc(NC(=O)[C@@H]2[C@@H](c3cc(Cl)cc(Cl)c3)C2(Cl)Cl)ccc1Cl. The Labute approximate surface area is 232 Å². The van der Waals surface area contributed by atoms with Crippen LogP contribution in [0.1, 0.15) is 28.3 Å². The second kappa shape index (κ2) is 11.8. The van der Waals surface area contributed by atoms with Crippen LogP contribution in [0.3, 0.4) is 0 Å². The summed E-state index contributed by atoms with van der Waals surface area (Å²) in [5.41, 5.74) is 1.03. The van der Waals surface area contributed by atoms with Crippen molar-refractivity contribution in [2.45, 2.75) is 22.7 Å². The number of alkyl halides is 2. The zero-order valence-electron chi connectivity index (χ0n) is 18.5. The third kappa shape index (κ3) is 6.70. The molecule has 0 radical (unpaired) electrons. The highest BCUT2D eigenvalue weighted by Crippen LogP contribution is 2.65. The Morgan fingerprint density at radius 3 is 2.34 bits per heavy atom. The summed E-state index contributed by atoms with van der Waals surface area (Å²) in [5, 5.41) is 6.31. The molecule has 0 aromatic heterocycles. The maximum absolute atomic E-state index is 13.0. The third-order valence-electron chi connectivity index (χ3n) is 5.46. The van der Waals surface area contributed by atoms with E-state index in [4.69, 9.17) is 62.7 Å². The van der Waals surface area contributed by atoms with Gasteiger partial charge in [-0.05, 0) is 60.4 Å². The molecule has 1 aliphatic rings. The number of hydrogen-bond acceptors (Lipinski definition) is 5. The number of benzene rings is 2. The fraction of sp³-hybridized carbons (Fsp3) is 0.348. The number of thioether (sulfide) groups is 1. The van der Waals surface area contributed by atoms with Gasteiger partial charge in [0.2, 0.25) is 5.91 Å². The molecule has 0 spiro atoms. The molecule has 3 atom stereocenters. The number of methoxy groups -OCH3 is 1. The number of carbonyl (C=O) groups is 3. The van der Waals surface area contributed by atoms with E-state index >= 15 is 0 Å². The number of amides is 2. The normalized spacial score (nSPS) is 18.9. The lowest BCUT2D eigenvalue weighted by atomic mass is 10.1. The molecule has 188 valence electrons. The fourth-order valence-electron chi connectivity index (χ4n) is 3.68. The first-order chi connectivity index (χ1) is 16.5. The molecule has 1 saturated carbocycles. The van der Waals surface area contributed by atoms with Gasteiger partial charge in [0.15, 0.2) is 0 Å². The Bertz CT molecular complexity index is 1130. The van der Waals surface area contributed by atoms with Crippen LogP contribution in [0.2, 0.25) is 15.1 Å². The van der Waals surface area contributed by atoms with Crippen LogP contribution >= 0.6 is 69.8 Å². The molecule has 3 rings (SSSR count). The van der Waals surface area contributed by atoms with E-state index in [1.54, 1.807) is 24.3 Å². The summed E-state index contributed by atoms with van der Waals surface area (Å²) < 4.78 is 3.42. The zero-order valence-corrected chi connectivity index (χ0v) is 23.1. The van der Waals surface area contributed by atoms with Gasteiger partial charge >= 0.3 is 5.97 Å². The van der Waals surface area contributed by atoms with Gasteiger partial charge in [-0.1, -0.05) is 34.8 Å². The number of rotatable bonds is 9. The Hall–Kier alpha value is -1.35. The van der Waals surface area contributed by atoms with Crippen molar-refractivity contribution in [3.8, 4) is 0 Å². The predicted octanol–water partition coefficient (Wildman–Crippen LogP) is 6.20. The molecule has 0 bridgehead atoms. The first kappa shape index (κ1) is 28.2. The Kier molecular flexibility index (Phi) is 9.51. The Morgan fingerprint density at radius 1 is 1.09 bits per heavy atom. The number of hydrogen-bond donors (Lipinski definition) is 2. The second-order valence-corrected chi connectivity index (χ2v) is 11.6. The number of nitrogens with one attached hydrogen (secondary N) is 2. The van der Waals surface area contributed by atoms with Crippen molar-refractivity contribution in [1.82, 2.24) is 5.32 Å². The van der Waals surface area contributed by atoms with Crippen LogP contribution in [0, 0.1) is 5.92 Å². The molecule has 2 amide bonds. The molecular formula is C23H21Cl5N2O4S. The Balaban J connectivity index is 1.75. The molecule has 12 heteroatoms. The van der Waals surface area contributed by atoms with Gasteiger partial charge in [-0.3, -0.25) is 9.59 Å². The zero-order chi connectivity index (χ0) is 25.9. The average molecular weight is 599 g/mol. The monoisotopic (exact) mass is 596 g/mol. The Morgan fingerprint density at radius 2 is 1.74 bits per heavy atom. The van der Waals surface area contributed by atoms with Gasteiger partial charge < -0.3 is 15.4 Å². The minimum atomic E-state index is -1.35. The molecule has 0 heterocycles. The van der Waals surface area contributed by atoms with Gasteiger partial charge in [-0.25, -0.2) is 4.79 Å². The molecule has 0 aliphatic heterocycles. The molecule has 35 heavy (non-hydrogen) atoms. The van der Waals surface area contributed by atoms with E-state index in [0.717, 1.165) is 0 Å². The average Bonchev–Trinajstić information content (AvgIpc) is 3.38. The lowest BCUT2D eigenvalue weighted by Crippen LogP contribution is -2.42. The molecule has 2 N–H and O–H groups in total. The predicted molar refractivity (Wildman–Crippen MR) is 143 cm³/mol. The molecule has 1 unspecified atom stereocenters. The van der Waals surface area contributed by atoms with Crippen molar-refractivity contribution >= 4 is 93.2 Å². The highest BCUT2D eigenvalue weighted by atomic mass is 35.5. The van der Waals surface area contributed by atoms with E-state index in [9.17, 15) is 14.4 Å². The van der Waals surface area contributed by atoms with Crippen molar-refractivity contribution in [2.75, 3.05) is 24.4 Å². The lowest BCUT2D eigenvalue weighted by Gasteiger charge is -2.17. The molecule has 2 aromatic rings. The highest BCUT2D eigenvalue weighted by molar-refractivity contribution is 7.98. The summed E-state index contributed by atoms with van der Waals surface area (Å²) in [4.78, 5) is 37.9. The summed E-state index contributed by atoms with van der Waals surface area (Å²) >= 11 is 32.7. The highest BCUT2D eigenvalue weighted by Gasteiger charge is 2.67. The summed E-state index contributed by atoms with van der Waals surface area (Å²) in [6, 6.07) is 8.47. The summed E-state index contributed by atoms with van der Waals surface area (Å²) in [5.74, 6) is -2.24. The molecule has 6 nitrogen and oxygen atoms in total. The maximum Gasteiger partial charge on any atom is 0.328 e. The summed E-state index contributed by atoms with van der Waals surface area (Å²) in [7, 11) is 1.25. The van der Waals surface area contributed by atoms with Crippen molar-refractivity contribution in [3.05, 3.63) is 62.6 Å². The second-order valence-electron chi connectivity index (χ2n) is 7.85. The maximum atomic E-state index is 13.0. The number of ether oxygens (including phenoxy) is 1. The first-order valence-electron chi connectivity index (χ1n) is 10.3. The van der Waals surface area contributed by atoms with E-state index in [0.29, 0.717) is 33.5 Å². The van der Waals surface area contributed by atoms with Gasteiger partial charge in [0.25, 0.3) is 5.91 Å². The quantitative estimate of drug-likeness (QED) is 0.265. The van der Waals surface area contributed by atoms with Crippen LogP contribution in [0.5, 0.6) is 0 Å². The molecule has 1 aliphatic carbocycles. The van der Waals surface area contributed by atoms with E-state index in [1.165, 1.54) is 31.0 Å². The van der Waals surface area contributed by atoms with E-state index in [2.05, 4.69) is 10.6 Å². The standard InChI is InChI=1S/C23H21Cl5N2O4S/c1-34-22(33)17(5-6-35-2)30-20(31)15-10-14(3-4-16(15)26)29-21(32)19-18(23(19,27)28)11-7-12(24)9-13(25)8-11/h3-4,7-10,17-19H,5-6H2,1-2H3,(H,29,32)(H,30,31)/t17?,18-,19+/m1/s1. The van der Waals surface area contributed by atoms with E-state index in [-0.39, 0.29) is 10.6 Å². The van der Waals surface area contributed by atoms with Crippen LogP contribution in [0.4, 0.5) is 5.69 Å². The van der Waals surface area contributed by atoms with Crippen LogP contribution in [0.15, 0.2) is 36.4 Å². The largest absolute Gasteiger partial charge is 0.467 e. The van der Waals surface area contributed by atoms with Gasteiger partial charge in [0.05, 0.1) is 23.6 Å². The third-order valence-corrected chi connectivity index (χ3v) is 7.81. The van der Waals surface area contributed by atoms with E-state index < -0.39 is 40.0 Å². The van der Waals surface area contributed by atoms with Crippen LogP contribution in [0.25, 0.3) is 0 Å². The van der Waals surface area contributed by atoms with Crippen LogP contribution < -0.4 is 10.6 Å². The first-order valence-corrected chi connectivity index (χ1v) is 13.6. The minimum Gasteiger partial charge on any atom is -0.467 e. The molecule has 2 aromatic carbocycles. The lowest BCUT2D eigenvalue weighted by molar-refractivity contribution is -0.142. The van der Waals surface area contributed by atoms with Crippen molar-refractivity contribution in [2.24, 2.45) is 5.92 Å². The molecular weight excluding hydrogens is 578 g/mol. The van der Waals surface area contributed by atoms with E-state index in [1.807, 2.05) is 6.26 Å². The van der Waals surface area contributed by atoms with Gasteiger partial charge in [-0.2, -0.15) is 11.8 Å². The molecule has 1 fully saturated rings. The smallest absolute Gasteiger partial charge is 0.328 e. The van der Waals surface area contributed by atoms with Crippen molar-refractivity contribution in [3.63, 3.8) is 0 Å². The topological polar surface area (TPSA) is 84.5 Å². The molecule has 0 saturated heterocycles. The van der Waals surface area contributed by atoms with Crippen LogP contribution in [-0.4, -0.2) is 47.3 Å². The minimum absolute atomic E-state index is 0.0829. The number of halogens is 5. The number of esters is 1. The van der Waals surface area contributed by atoms with Crippen LogP contribution in [-0.2, 0) is 14.3 Å². The van der Waals surface area contributed by atoms with Gasteiger partial charge in [-0.15, -0.1) is 23.2 Å². The number of anilines is 1. The summed E-state index contributed by atoms with van der Waals surface area (Å²) in [6.07, 6.45) is 2.28. The van der Waals surface area contributed by atoms with Crippen molar-refractivity contribution in [1.29, 1.82) is 0 Å². The van der Waals surface area contributed by atoms with Gasteiger partial charge in [0, 0.05) is 21.7 Å². The van der Waals surface area contributed by atoms with Crippen molar-refractivity contribution < 1.29 is 19.1 Å².